The summed E-state index contributed by atoms with van der Waals surface area (Å²) < 4.78 is 25.2. The number of benzene rings is 1. The van der Waals surface area contributed by atoms with E-state index in [2.05, 4.69) is 0 Å². The maximum atomic E-state index is 12.0. The minimum atomic E-state index is -3.48. The van der Waals surface area contributed by atoms with Gasteiger partial charge in [0, 0.05) is 14.1 Å². The van der Waals surface area contributed by atoms with Crippen molar-refractivity contribution in [2.45, 2.75) is 42.9 Å². The molecule has 1 aliphatic carbocycles. The molecule has 1 aromatic rings. The molecule has 0 amide bonds. The molecule has 1 N–H and O–H groups in total. The van der Waals surface area contributed by atoms with Crippen LogP contribution in [-0.4, -0.2) is 37.9 Å². The predicted molar refractivity (Wildman–Crippen MR) is 84.3 cm³/mol. The summed E-state index contributed by atoms with van der Waals surface area (Å²) in [5.74, 6) is -0.930. The van der Waals surface area contributed by atoms with E-state index in [-0.39, 0.29) is 4.90 Å². The molecule has 1 saturated carbocycles. The van der Waals surface area contributed by atoms with Crippen molar-refractivity contribution in [3.8, 4) is 0 Å². The van der Waals surface area contributed by atoms with E-state index in [1.54, 1.807) is 12.1 Å². The van der Waals surface area contributed by atoms with Crippen molar-refractivity contribution in [2.24, 2.45) is 5.92 Å². The molecule has 2 rings (SSSR count). The monoisotopic (exact) mass is 325 g/mol. The molecule has 6 heteroatoms. The normalized spacial score (nSPS) is 17.8. The molecule has 0 bridgehead atoms. The lowest BCUT2D eigenvalue weighted by Crippen LogP contribution is -2.22. The molecule has 1 aliphatic rings. The van der Waals surface area contributed by atoms with Crippen LogP contribution in [0.25, 0.3) is 0 Å². The van der Waals surface area contributed by atoms with Gasteiger partial charge in [-0.1, -0.05) is 37.8 Å². The first-order valence-electron chi connectivity index (χ1n) is 7.57. The number of carboxylic acids is 1. The zero-order valence-corrected chi connectivity index (χ0v) is 13.8. The predicted octanol–water partition coefficient (Wildman–Crippen LogP) is 2.69. The summed E-state index contributed by atoms with van der Waals surface area (Å²) in [5, 5.41) is 9.48. The van der Waals surface area contributed by atoms with Crippen LogP contribution in [0.1, 0.15) is 43.6 Å². The average molecular weight is 325 g/mol. The van der Waals surface area contributed by atoms with Gasteiger partial charge >= 0.3 is 5.97 Å². The summed E-state index contributed by atoms with van der Waals surface area (Å²) in [7, 11) is -0.525. The Morgan fingerprint density at radius 3 is 2.23 bits per heavy atom. The minimum Gasteiger partial charge on any atom is -0.481 e. The topological polar surface area (TPSA) is 74.7 Å². The van der Waals surface area contributed by atoms with E-state index in [1.165, 1.54) is 39.1 Å². The van der Waals surface area contributed by atoms with Gasteiger partial charge in [-0.3, -0.25) is 4.79 Å². The second-order valence-corrected chi connectivity index (χ2v) is 8.29. The fraction of sp³-hybridized carbons (Fsp3) is 0.562. The van der Waals surface area contributed by atoms with Crippen LogP contribution in [0.3, 0.4) is 0 Å². The van der Waals surface area contributed by atoms with Crippen molar-refractivity contribution in [2.75, 3.05) is 14.1 Å². The van der Waals surface area contributed by atoms with Gasteiger partial charge in [-0.25, -0.2) is 12.7 Å². The first-order chi connectivity index (χ1) is 10.3. The van der Waals surface area contributed by atoms with E-state index in [9.17, 15) is 18.3 Å². The first kappa shape index (κ1) is 17.0. The third-order valence-electron chi connectivity index (χ3n) is 4.40. The second kappa shape index (κ2) is 6.79. The van der Waals surface area contributed by atoms with Gasteiger partial charge in [0.15, 0.2) is 0 Å². The van der Waals surface area contributed by atoms with E-state index in [4.69, 9.17) is 0 Å². The van der Waals surface area contributed by atoms with Crippen molar-refractivity contribution in [3.63, 3.8) is 0 Å². The Labute approximate surface area is 132 Å². The van der Waals surface area contributed by atoms with Gasteiger partial charge in [0.2, 0.25) is 10.0 Å². The number of hydrogen-bond acceptors (Lipinski definition) is 3. The summed E-state index contributed by atoms with van der Waals surface area (Å²) in [5.41, 5.74) is 0.678. The molecule has 5 nitrogen and oxygen atoms in total. The standard InChI is InChI=1S/C16H23NO4S/c1-17(2)22(20,21)14-9-7-13(8-10-14)15(16(18)19)11-12-5-3-4-6-12/h7-10,12,15H,3-6,11H2,1-2H3,(H,18,19). The molecule has 0 aliphatic heterocycles. The number of sulfonamides is 1. The third-order valence-corrected chi connectivity index (χ3v) is 6.23. The van der Waals surface area contributed by atoms with Crippen molar-refractivity contribution < 1.29 is 18.3 Å². The highest BCUT2D eigenvalue weighted by Crippen LogP contribution is 2.34. The number of aliphatic carboxylic acids is 1. The van der Waals surface area contributed by atoms with Crippen LogP contribution >= 0.6 is 0 Å². The Morgan fingerprint density at radius 2 is 1.77 bits per heavy atom. The molecule has 0 heterocycles. The van der Waals surface area contributed by atoms with Gasteiger partial charge in [0.05, 0.1) is 10.8 Å². The zero-order chi connectivity index (χ0) is 16.3. The molecular formula is C16H23NO4S. The molecule has 1 fully saturated rings. The van der Waals surface area contributed by atoms with E-state index >= 15 is 0 Å². The Balaban J connectivity index is 2.21. The lowest BCUT2D eigenvalue weighted by molar-refractivity contribution is -0.139. The van der Waals surface area contributed by atoms with E-state index in [1.807, 2.05) is 0 Å². The lowest BCUT2D eigenvalue weighted by Gasteiger charge is -2.18. The molecule has 122 valence electrons. The van der Waals surface area contributed by atoms with Crippen LogP contribution in [0.15, 0.2) is 29.2 Å². The van der Waals surface area contributed by atoms with Gasteiger partial charge in [0.25, 0.3) is 0 Å². The van der Waals surface area contributed by atoms with Crippen molar-refractivity contribution in [3.05, 3.63) is 29.8 Å². The fourth-order valence-electron chi connectivity index (χ4n) is 3.04. The summed E-state index contributed by atoms with van der Waals surface area (Å²) in [6.07, 6.45) is 5.18. The van der Waals surface area contributed by atoms with Gasteiger partial charge in [-0.2, -0.15) is 0 Å². The number of nitrogens with zero attached hydrogens (tertiary/aromatic N) is 1. The molecule has 1 atom stereocenters. The summed E-state index contributed by atoms with van der Waals surface area (Å²) in [4.78, 5) is 11.7. The molecule has 22 heavy (non-hydrogen) atoms. The first-order valence-corrected chi connectivity index (χ1v) is 9.01. The Hall–Kier alpha value is -1.40. The molecule has 1 unspecified atom stereocenters. The van der Waals surface area contributed by atoms with Gasteiger partial charge in [0.1, 0.15) is 0 Å². The van der Waals surface area contributed by atoms with Gasteiger partial charge in [-0.15, -0.1) is 0 Å². The molecular weight excluding hydrogens is 302 g/mol. The largest absolute Gasteiger partial charge is 0.481 e. The summed E-state index contributed by atoms with van der Waals surface area (Å²) >= 11 is 0. The summed E-state index contributed by atoms with van der Waals surface area (Å²) in [6.45, 7) is 0. The zero-order valence-electron chi connectivity index (χ0n) is 13.0. The average Bonchev–Trinajstić information content (AvgIpc) is 2.97. The molecule has 0 radical (unpaired) electrons. The number of rotatable bonds is 6. The SMILES string of the molecule is CN(C)S(=O)(=O)c1ccc(C(CC2CCCC2)C(=O)O)cc1. The number of carboxylic acid groups (broad SMARTS) is 1. The Bertz CT molecular complexity index is 616. The van der Waals surface area contributed by atoms with Crippen LogP contribution in [0.4, 0.5) is 0 Å². The lowest BCUT2D eigenvalue weighted by atomic mass is 9.88. The molecule has 0 spiro atoms. The summed E-state index contributed by atoms with van der Waals surface area (Å²) in [6, 6.07) is 6.25. The van der Waals surface area contributed by atoms with Crippen LogP contribution in [0.2, 0.25) is 0 Å². The van der Waals surface area contributed by atoms with E-state index < -0.39 is 21.9 Å². The van der Waals surface area contributed by atoms with Crippen molar-refractivity contribution >= 4 is 16.0 Å². The number of hydrogen-bond donors (Lipinski definition) is 1. The highest BCUT2D eigenvalue weighted by atomic mass is 32.2. The molecule has 1 aromatic carbocycles. The maximum absolute atomic E-state index is 12.0. The van der Waals surface area contributed by atoms with Gasteiger partial charge in [-0.05, 0) is 30.0 Å². The van der Waals surface area contributed by atoms with Gasteiger partial charge < -0.3 is 5.11 Å². The highest BCUT2D eigenvalue weighted by Gasteiger charge is 2.27. The smallest absolute Gasteiger partial charge is 0.310 e. The Morgan fingerprint density at radius 1 is 1.23 bits per heavy atom. The Kier molecular flexibility index (Phi) is 5.24. The van der Waals surface area contributed by atoms with Crippen LogP contribution < -0.4 is 0 Å². The molecule has 0 saturated heterocycles. The molecule has 0 aromatic heterocycles. The second-order valence-electron chi connectivity index (χ2n) is 6.13. The van der Waals surface area contributed by atoms with Crippen LogP contribution in [-0.2, 0) is 14.8 Å². The van der Waals surface area contributed by atoms with Crippen molar-refractivity contribution in [1.29, 1.82) is 0 Å². The number of carbonyl (C=O) groups is 1. The quantitative estimate of drug-likeness (QED) is 0.872. The fourth-order valence-corrected chi connectivity index (χ4v) is 3.94. The van der Waals surface area contributed by atoms with E-state index in [0.29, 0.717) is 17.9 Å². The highest BCUT2D eigenvalue weighted by molar-refractivity contribution is 7.89. The minimum absolute atomic E-state index is 0.186. The van der Waals surface area contributed by atoms with Crippen LogP contribution in [0.5, 0.6) is 0 Å². The third kappa shape index (κ3) is 3.67. The van der Waals surface area contributed by atoms with E-state index in [0.717, 1.165) is 17.1 Å². The maximum Gasteiger partial charge on any atom is 0.310 e. The van der Waals surface area contributed by atoms with Crippen LogP contribution in [0, 0.1) is 5.92 Å². The van der Waals surface area contributed by atoms with Crippen molar-refractivity contribution in [1.82, 2.24) is 4.31 Å².